The smallest absolute Gasteiger partial charge is 0.462 e. The Morgan fingerprint density at radius 1 is 0.667 bits per heavy atom. The molecule has 0 fully saturated rings. The van der Waals surface area contributed by atoms with Crippen LogP contribution in [0.5, 0.6) is 0 Å². The molecule has 0 aromatic heterocycles. The Balaban J connectivity index is 4.37. The lowest BCUT2D eigenvalue weighted by atomic mass is 10.1. The Morgan fingerprint density at radius 3 is 1.91 bits per heavy atom. The van der Waals surface area contributed by atoms with Gasteiger partial charge in [0.25, 0.3) is 0 Å². The van der Waals surface area contributed by atoms with E-state index in [2.05, 4.69) is 43.4 Å². The van der Waals surface area contributed by atoms with Crippen LogP contribution in [0, 0.1) is 0 Å². The Bertz CT molecular complexity index is 1180. The summed E-state index contributed by atoms with van der Waals surface area (Å²) in [5, 5.41) is 9.75. The molecule has 308 valence electrons. The predicted molar refractivity (Wildman–Crippen MR) is 221 cm³/mol. The number of nitrogens with two attached hydrogens (primary N) is 1. The van der Waals surface area contributed by atoms with E-state index in [1.165, 1.54) is 19.3 Å². The van der Waals surface area contributed by atoms with Crippen LogP contribution in [0.15, 0.2) is 85.1 Å². The molecule has 0 aliphatic heterocycles. The Hall–Kier alpha value is -2.85. The fourth-order valence-electron chi connectivity index (χ4n) is 4.84. The first-order valence-corrected chi connectivity index (χ1v) is 21.7. The van der Waals surface area contributed by atoms with E-state index >= 15 is 0 Å². The topological polar surface area (TPSA) is 155 Å². The van der Waals surface area contributed by atoms with E-state index in [-0.39, 0.29) is 32.6 Å². The molecule has 0 aliphatic carbocycles. The van der Waals surface area contributed by atoms with E-state index in [1.807, 2.05) is 55.5 Å². The molecule has 0 spiro atoms. The van der Waals surface area contributed by atoms with E-state index in [4.69, 9.17) is 24.3 Å². The number of aliphatic hydroxyl groups excluding tert-OH is 1. The number of hydrogen-bond donors (Lipinski definition) is 3. The number of carbonyl (C=O) groups excluding carboxylic acids is 2. The van der Waals surface area contributed by atoms with Gasteiger partial charge in [-0.3, -0.25) is 18.6 Å². The second-order valence-electron chi connectivity index (χ2n) is 13.0. The molecular formula is C43H72NO9P. The minimum atomic E-state index is -4.41. The minimum absolute atomic E-state index is 0.0322. The highest BCUT2D eigenvalue weighted by molar-refractivity contribution is 7.47. The second kappa shape index (κ2) is 38.4. The summed E-state index contributed by atoms with van der Waals surface area (Å²) in [5.41, 5.74) is 5.33. The third-order valence-corrected chi connectivity index (χ3v) is 8.82. The summed E-state index contributed by atoms with van der Waals surface area (Å²) in [7, 11) is -4.41. The van der Waals surface area contributed by atoms with Gasteiger partial charge in [0.05, 0.1) is 19.3 Å². The standard InChI is InChI=1S/C43H72NO9P/c1-3-5-7-8-9-10-11-12-13-14-19-22-25-28-31-35-43(47)53-41(39-52-54(48,49)51-37-36-44)38-50-42(46)34-30-27-24-21-18-16-15-17-20-23-26-29-33-40(45)32-6-4-2/h6,9-10,12-13,15-16,20-21,23-24,26,29,32,40-41,45H,3-5,7-8,11,14,17-19,22,25,27-28,30-31,33-39,44H2,1-2H3,(H,48,49)/b10-9-,13-12-,16-15-,23-20-,24-21-,29-26+,32-6-/t40?,41-/m1/s1. The first-order chi connectivity index (χ1) is 26.2. The number of carbonyl (C=O) groups is 2. The molecule has 0 aromatic carbocycles. The van der Waals surface area contributed by atoms with Gasteiger partial charge in [-0.05, 0) is 77.0 Å². The zero-order chi connectivity index (χ0) is 39.8. The number of aliphatic hydroxyl groups is 1. The van der Waals surface area contributed by atoms with Crippen LogP contribution in [-0.4, -0.2) is 60.5 Å². The number of ether oxygens (including phenoxy) is 2. The van der Waals surface area contributed by atoms with E-state index in [1.54, 1.807) is 0 Å². The van der Waals surface area contributed by atoms with Gasteiger partial charge in [-0.15, -0.1) is 0 Å². The molecule has 2 unspecified atom stereocenters. The Morgan fingerprint density at radius 2 is 1.24 bits per heavy atom. The highest BCUT2D eigenvalue weighted by Gasteiger charge is 2.25. The SMILES string of the molecule is CC/C=C\C(O)C/C=C/C=C\C/C=C\C/C=C\CCCC(=O)OC[C@H](COP(=O)(O)OCCN)OC(=O)CCCCCCC/C=C\C/C=C\CCCCC. The molecule has 0 heterocycles. The molecule has 0 bridgehead atoms. The van der Waals surface area contributed by atoms with Gasteiger partial charge in [0, 0.05) is 19.4 Å². The zero-order valence-corrected chi connectivity index (χ0v) is 34.2. The molecular weight excluding hydrogens is 705 g/mol. The van der Waals surface area contributed by atoms with Crippen molar-refractivity contribution in [2.45, 2.75) is 148 Å². The van der Waals surface area contributed by atoms with Crippen LogP contribution in [0.1, 0.15) is 136 Å². The number of rotatable bonds is 36. The maximum Gasteiger partial charge on any atom is 0.472 e. The molecule has 0 amide bonds. The number of phosphoric ester groups is 1. The van der Waals surface area contributed by atoms with Crippen molar-refractivity contribution < 1.29 is 42.7 Å². The average Bonchev–Trinajstić information content (AvgIpc) is 3.15. The molecule has 10 nitrogen and oxygen atoms in total. The van der Waals surface area contributed by atoms with Crippen LogP contribution in [0.4, 0.5) is 0 Å². The number of esters is 2. The monoisotopic (exact) mass is 777 g/mol. The van der Waals surface area contributed by atoms with Gasteiger partial charge in [-0.25, -0.2) is 4.57 Å². The van der Waals surface area contributed by atoms with Gasteiger partial charge in [-0.1, -0.05) is 131 Å². The number of allylic oxidation sites excluding steroid dienone is 12. The summed E-state index contributed by atoms with van der Waals surface area (Å²) >= 11 is 0. The summed E-state index contributed by atoms with van der Waals surface area (Å²) < 4.78 is 32.6. The van der Waals surface area contributed by atoms with E-state index in [0.29, 0.717) is 25.7 Å². The van der Waals surface area contributed by atoms with Crippen molar-refractivity contribution in [3.8, 4) is 0 Å². The molecule has 0 aromatic rings. The first-order valence-electron chi connectivity index (χ1n) is 20.2. The molecule has 0 radical (unpaired) electrons. The van der Waals surface area contributed by atoms with E-state index in [9.17, 15) is 24.2 Å². The van der Waals surface area contributed by atoms with Crippen molar-refractivity contribution >= 4 is 19.8 Å². The highest BCUT2D eigenvalue weighted by atomic mass is 31.2. The van der Waals surface area contributed by atoms with Gasteiger partial charge in [0.2, 0.25) is 0 Å². The van der Waals surface area contributed by atoms with Crippen molar-refractivity contribution in [1.29, 1.82) is 0 Å². The van der Waals surface area contributed by atoms with Gasteiger partial charge in [0.15, 0.2) is 6.10 Å². The third-order valence-electron chi connectivity index (χ3n) is 7.84. The predicted octanol–water partition coefficient (Wildman–Crippen LogP) is 10.2. The molecule has 0 saturated carbocycles. The fraction of sp³-hybridized carbons (Fsp3) is 0.628. The Labute approximate surface area is 326 Å². The molecule has 0 rings (SSSR count). The number of phosphoric acid groups is 1. The van der Waals surface area contributed by atoms with Gasteiger partial charge in [-0.2, -0.15) is 0 Å². The summed E-state index contributed by atoms with van der Waals surface area (Å²) in [6.07, 6.45) is 43.9. The fourth-order valence-corrected chi connectivity index (χ4v) is 5.60. The lowest BCUT2D eigenvalue weighted by molar-refractivity contribution is -0.161. The third kappa shape index (κ3) is 37.5. The zero-order valence-electron chi connectivity index (χ0n) is 33.3. The first kappa shape index (κ1) is 51.1. The van der Waals surface area contributed by atoms with Crippen LogP contribution in [0.25, 0.3) is 0 Å². The van der Waals surface area contributed by atoms with Crippen LogP contribution in [-0.2, 0) is 32.7 Å². The normalized spacial score (nSPS) is 14.8. The highest BCUT2D eigenvalue weighted by Crippen LogP contribution is 2.43. The molecule has 0 aliphatic rings. The molecule has 3 atom stereocenters. The largest absolute Gasteiger partial charge is 0.472 e. The second-order valence-corrected chi connectivity index (χ2v) is 14.4. The summed E-state index contributed by atoms with van der Waals surface area (Å²) in [4.78, 5) is 34.8. The van der Waals surface area contributed by atoms with Crippen LogP contribution in [0.2, 0.25) is 0 Å². The van der Waals surface area contributed by atoms with Crippen molar-refractivity contribution in [2.24, 2.45) is 5.73 Å². The summed E-state index contributed by atoms with van der Waals surface area (Å²) in [5.74, 6) is -0.947. The minimum Gasteiger partial charge on any atom is -0.462 e. The van der Waals surface area contributed by atoms with Crippen molar-refractivity contribution in [3.63, 3.8) is 0 Å². The molecule has 11 heteroatoms. The molecule has 0 saturated heterocycles. The average molecular weight is 778 g/mol. The van der Waals surface area contributed by atoms with Gasteiger partial charge >= 0.3 is 19.8 Å². The number of hydrogen-bond acceptors (Lipinski definition) is 9. The quantitative estimate of drug-likeness (QED) is 0.0184. The van der Waals surface area contributed by atoms with E-state index < -0.39 is 38.6 Å². The molecule has 4 N–H and O–H groups in total. The lowest BCUT2D eigenvalue weighted by Gasteiger charge is -2.19. The summed E-state index contributed by atoms with van der Waals surface area (Å²) in [6, 6.07) is 0. The van der Waals surface area contributed by atoms with Crippen molar-refractivity contribution in [3.05, 3.63) is 85.1 Å². The summed E-state index contributed by atoms with van der Waals surface area (Å²) in [6.45, 7) is 3.34. The Kier molecular flexibility index (Phi) is 36.4. The van der Waals surface area contributed by atoms with Gasteiger partial charge in [0.1, 0.15) is 6.61 Å². The van der Waals surface area contributed by atoms with Crippen molar-refractivity contribution in [2.75, 3.05) is 26.4 Å². The lowest BCUT2D eigenvalue weighted by Crippen LogP contribution is -2.29. The molecule has 54 heavy (non-hydrogen) atoms. The van der Waals surface area contributed by atoms with E-state index in [0.717, 1.165) is 64.2 Å². The maximum absolute atomic E-state index is 12.5. The van der Waals surface area contributed by atoms with Crippen molar-refractivity contribution in [1.82, 2.24) is 0 Å². The van der Waals surface area contributed by atoms with Crippen LogP contribution >= 0.6 is 7.82 Å². The van der Waals surface area contributed by atoms with Crippen LogP contribution in [0.3, 0.4) is 0 Å². The number of unbranched alkanes of at least 4 members (excludes halogenated alkanes) is 9. The van der Waals surface area contributed by atoms with Gasteiger partial charge < -0.3 is 25.2 Å². The van der Waals surface area contributed by atoms with Crippen LogP contribution < -0.4 is 5.73 Å². The maximum atomic E-state index is 12.5.